The molecule has 0 unspecified atom stereocenters. The van der Waals surface area contributed by atoms with E-state index in [0.29, 0.717) is 12.3 Å². The fourth-order valence-corrected chi connectivity index (χ4v) is 2.46. The second-order valence-corrected chi connectivity index (χ2v) is 5.78. The molecule has 1 atom stereocenters. The van der Waals surface area contributed by atoms with E-state index in [-0.39, 0.29) is 6.04 Å². The number of rotatable bonds is 4. The van der Waals surface area contributed by atoms with Crippen molar-refractivity contribution in [1.29, 1.82) is 0 Å². The zero-order chi connectivity index (χ0) is 13.8. The molecule has 0 aliphatic rings. The lowest BCUT2D eigenvalue weighted by molar-refractivity contribution is 0.460. The van der Waals surface area contributed by atoms with Crippen LogP contribution in [0.4, 0.5) is 0 Å². The van der Waals surface area contributed by atoms with E-state index in [1.807, 2.05) is 36.4 Å². The van der Waals surface area contributed by atoms with Crippen LogP contribution in [0.25, 0.3) is 0 Å². The zero-order valence-corrected chi connectivity index (χ0v) is 12.9. The summed E-state index contributed by atoms with van der Waals surface area (Å²) < 4.78 is 0.956. The van der Waals surface area contributed by atoms with Gasteiger partial charge in [0, 0.05) is 27.6 Å². The van der Waals surface area contributed by atoms with E-state index in [1.165, 1.54) is 0 Å². The number of phenolic OH excluding ortho intramolecular Hbond substituents is 1. The molecule has 2 aromatic carbocycles. The minimum Gasteiger partial charge on any atom is -0.508 e. The Bertz CT molecular complexity index is 574. The smallest absolute Gasteiger partial charge is 0.120 e. The van der Waals surface area contributed by atoms with Gasteiger partial charge in [-0.15, -0.1) is 0 Å². The lowest BCUT2D eigenvalue weighted by Crippen LogP contribution is -2.18. The molecule has 0 saturated heterocycles. The van der Waals surface area contributed by atoms with Gasteiger partial charge in [0.15, 0.2) is 0 Å². The number of phenols is 1. The fourth-order valence-electron chi connectivity index (χ4n) is 1.85. The van der Waals surface area contributed by atoms with Crippen LogP contribution in [0.1, 0.15) is 24.1 Å². The summed E-state index contributed by atoms with van der Waals surface area (Å²) in [6.07, 6.45) is 0. The SMILES string of the molecule is C[C@@H](NCc1cc(Br)ccc1O)c1cccc(Cl)c1. The molecule has 0 radical (unpaired) electrons. The number of halogens is 2. The first-order valence-corrected chi connectivity index (χ1v) is 7.19. The lowest BCUT2D eigenvalue weighted by atomic mass is 10.1. The largest absolute Gasteiger partial charge is 0.508 e. The average molecular weight is 341 g/mol. The molecular formula is C15H15BrClNO. The summed E-state index contributed by atoms with van der Waals surface area (Å²) in [5, 5.41) is 13.9. The van der Waals surface area contributed by atoms with Crippen molar-refractivity contribution in [3.8, 4) is 5.75 Å². The molecule has 19 heavy (non-hydrogen) atoms. The van der Waals surface area contributed by atoms with Crippen LogP contribution in [0.2, 0.25) is 5.02 Å². The van der Waals surface area contributed by atoms with Crippen LogP contribution in [0, 0.1) is 0 Å². The second-order valence-electron chi connectivity index (χ2n) is 4.43. The summed E-state index contributed by atoms with van der Waals surface area (Å²) in [4.78, 5) is 0. The molecular weight excluding hydrogens is 326 g/mol. The van der Waals surface area contributed by atoms with E-state index in [9.17, 15) is 5.11 Å². The molecule has 0 aromatic heterocycles. The molecule has 0 aliphatic heterocycles. The van der Waals surface area contributed by atoms with Gasteiger partial charge >= 0.3 is 0 Å². The summed E-state index contributed by atoms with van der Waals surface area (Å²) in [5.41, 5.74) is 1.99. The van der Waals surface area contributed by atoms with Gasteiger partial charge in [-0.05, 0) is 42.8 Å². The van der Waals surface area contributed by atoms with Crippen LogP contribution < -0.4 is 5.32 Å². The van der Waals surface area contributed by atoms with E-state index < -0.39 is 0 Å². The molecule has 0 saturated carbocycles. The van der Waals surface area contributed by atoms with Crippen LogP contribution >= 0.6 is 27.5 Å². The molecule has 0 fully saturated rings. The average Bonchev–Trinajstić information content (AvgIpc) is 2.39. The summed E-state index contributed by atoms with van der Waals surface area (Å²) in [7, 11) is 0. The highest BCUT2D eigenvalue weighted by Gasteiger charge is 2.07. The molecule has 0 heterocycles. The fraction of sp³-hybridized carbons (Fsp3) is 0.200. The van der Waals surface area contributed by atoms with Crippen LogP contribution in [-0.2, 0) is 6.54 Å². The molecule has 4 heteroatoms. The van der Waals surface area contributed by atoms with Crippen LogP contribution in [0.15, 0.2) is 46.9 Å². The topological polar surface area (TPSA) is 32.3 Å². The van der Waals surface area contributed by atoms with Crippen molar-refractivity contribution < 1.29 is 5.11 Å². The monoisotopic (exact) mass is 339 g/mol. The van der Waals surface area contributed by atoms with Crippen molar-refractivity contribution in [2.75, 3.05) is 0 Å². The van der Waals surface area contributed by atoms with Gasteiger partial charge in [0.2, 0.25) is 0 Å². The predicted octanol–water partition coefficient (Wildman–Crippen LogP) is 4.66. The number of benzene rings is 2. The number of hydrogen-bond acceptors (Lipinski definition) is 2. The van der Waals surface area contributed by atoms with Crippen LogP contribution in [0.3, 0.4) is 0 Å². The number of hydrogen-bond donors (Lipinski definition) is 2. The van der Waals surface area contributed by atoms with Crippen LogP contribution in [-0.4, -0.2) is 5.11 Å². The third-order valence-electron chi connectivity index (χ3n) is 2.99. The molecule has 0 spiro atoms. The van der Waals surface area contributed by atoms with Gasteiger partial charge in [0.05, 0.1) is 0 Å². The summed E-state index contributed by atoms with van der Waals surface area (Å²) in [6.45, 7) is 2.67. The third kappa shape index (κ3) is 3.96. The highest BCUT2D eigenvalue weighted by Crippen LogP contribution is 2.23. The maximum absolute atomic E-state index is 9.78. The van der Waals surface area contributed by atoms with Gasteiger partial charge in [0.1, 0.15) is 5.75 Å². The minimum atomic E-state index is 0.164. The Labute approximate surface area is 126 Å². The van der Waals surface area contributed by atoms with Crippen molar-refractivity contribution in [1.82, 2.24) is 5.32 Å². The Morgan fingerprint density at radius 1 is 1.26 bits per heavy atom. The van der Waals surface area contributed by atoms with Gasteiger partial charge in [-0.1, -0.05) is 39.7 Å². The number of aromatic hydroxyl groups is 1. The van der Waals surface area contributed by atoms with E-state index in [4.69, 9.17) is 11.6 Å². The maximum Gasteiger partial charge on any atom is 0.120 e. The summed E-state index contributed by atoms with van der Waals surface area (Å²) in [5.74, 6) is 0.300. The maximum atomic E-state index is 9.78. The Hall–Kier alpha value is -1.03. The van der Waals surface area contributed by atoms with Crippen LogP contribution in [0.5, 0.6) is 5.75 Å². The Balaban J connectivity index is 2.04. The van der Waals surface area contributed by atoms with Gasteiger partial charge in [-0.2, -0.15) is 0 Å². The Morgan fingerprint density at radius 2 is 2.05 bits per heavy atom. The first-order valence-electron chi connectivity index (χ1n) is 6.02. The van der Waals surface area contributed by atoms with E-state index >= 15 is 0 Å². The van der Waals surface area contributed by atoms with Crippen molar-refractivity contribution in [2.24, 2.45) is 0 Å². The molecule has 2 N–H and O–H groups in total. The molecule has 0 bridgehead atoms. The van der Waals surface area contributed by atoms with Gasteiger partial charge in [-0.25, -0.2) is 0 Å². The molecule has 2 rings (SSSR count). The van der Waals surface area contributed by atoms with Gasteiger partial charge < -0.3 is 10.4 Å². The van der Waals surface area contributed by atoms with Crippen molar-refractivity contribution in [3.05, 3.63) is 63.1 Å². The highest BCUT2D eigenvalue weighted by atomic mass is 79.9. The predicted molar refractivity (Wildman–Crippen MR) is 82.5 cm³/mol. The molecule has 0 amide bonds. The zero-order valence-electron chi connectivity index (χ0n) is 10.5. The summed E-state index contributed by atoms with van der Waals surface area (Å²) in [6, 6.07) is 13.4. The lowest BCUT2D eigenvalue weighted by Gasteiger charge is -2.15. The molecule has 0 aliphatic carbocycles. The van der Waals surface area contributed by atoms with E-state index in [0.717, 1.165) is 20.6 Å². The van der Waals surface area contributed by atoms with Gasteiger partial charge in [0.25, 0.3) is 0 Å². The molecule has 2 aromatic rings. The van der Waals surface area contributed by atoms with Crippen molar-refractivity contribution >= 4 is 27.5 Å². The summed E-state index contributed by atoms with van der Waals surface area (Å²) >= 11 is 9.38. The third-order valence-corrected chi connectivity index (χ3v) is 3.72. The highest BCUT2D eigenvalue weighted by molar-refractivity contribution is 9.10. The first kappa shape index (κ1) is 14.4. The quantitative estimate of drug-likeness (QED) is 0.848. The molecule has 100 valence electrons. The van der Waals surface area contributed by atoms with Crippen molar-refractivity contribution in [3.63, 3.8) is 0 Å². The molecule has 2 nitrogen and oxygen atoms in total. The van der Waals surface area contributed by atoms with Crippen molar-refractivity contribution in [2.45, 2.75) is 19.5 Å². The van der Waals surface area contributed by atoms with E-state index in [1.54, 1.807) is 6.07 Å². The van der Waals surface area contributed by atoms with E-state index in [2.05, 4.69) is 28.2 Å². The second kappa shape index (κ2) is 6.42. The normalized spacial score (nSPS) is 12.4. The first-order chi connectivity index (χ1) is 9.06. The minimum absolute atomic E-state index is 0.164. The number of nitrogens with one attached hydrogen (secondary N) is 1. The van der Waals surface area contributed by atoms with Gasteiger partial charge in [-0.3, -0.25) is 0 Å². The standard InChI is InChI=1S/C15H15BrClNO/c1-10(11-3-2-4-14(17)8-11)18-9-12-7-13(16)5-6-15(12)19/h2-8,10,18-19H,9H2,1H3/t10-/m1/s1. The Kier molecular flexibility index (Phi) is 4.86. The Morgan fingerprint density at radius 3 is 2.79 bits per heavy atom.